The highest BCUT2D eigenvalue weighted by Crippen LogP contribution is 2.41. The van der Waals surface area contributed by atoms with E-state index in [9.17, 15) is 0 Å². The standard InChI is InChI=1S/C9H14N2/c10-8-3-1-2-6-9(8,11)7-4-5-7/h1-3,6-8H,4-5,10-11H2. The first-order chi connectivity index (χ1) is 5.23. The fourth-order valence-corrected chi connectivity index (χ4v) is 1.68. The summed E-state index contributed by atoms with van der Waals surface area (Å²) in [5.74, 6) is 0.624. The maximum absolute atomic E-state index is 6.14. The number of hydrogen-bond donors (Lipinski definition) is 2. The third-order valence-corrected chi connectivity index (χ3v) is 2.68. The number of nitrogens with two attached hydrogens (primary N) is 2. The summed E-state index contributed by atoms with van der Waals surface area (Å²) in [6, 6.07) is 0.0139. The molecule has 4 N–H and O–H groups in total. The van der Waals surface area contributed by atoms with Crippen molar-refractivity contribution >= 4 is 0 Å². The molecule has 0 bridgehead atoms. The van der Waals surface area contributed by atoms with Crippen molar-refractivity contribution in [3.63, 3.8) is 0 Å². The minimum Gasteiger partial charge on any atom is -0.323 e. The molecular weight excluding hydrogens is 136 g/mol. The van der Waals surface area contributed by atoms with Gasteiger partial charge in [-0.25, -0.2) is 0 Å². The quantitative estimate of drug-likeness (QED) is 0.573. The molecule has 2 rings (SSSR count). The molecule has 0 aromatic heterocycles. The van der Waals surface area contributed by atoms with Crippen LogP contribution in [-0.2, 0) is 0 Å². The first-order valence-electron chi connectivity index (χ1n) is 4.14. The van der Waals surface area contributed by atoms with Gasteiger partial charge in [-0.3, -0.25) is 0 Å². The van der Waals surface area contributed by atoms with Gasteiger partial charge < -0.3 is 11.5 Å². The Morgan fingerprint density at radius 1 is 1.27 bits per heavy atom. The van der Waals surface area contributed by atoms with Crippen LogP contribution in [0.3, 0.4) is 0 Å². The lowest BCUT2D eigenvalue weighted by Crippen LogP contribution is -2.55. The lowest BCUT2D eigenvalue weighted by atomic mass is 9.83. The van der Waals surface area contributed by atoms with E-state index in [-0.39, 0.29) is 11.6 Å². The molecule has 0 amide bonds. The Morgan fingerprint density at radius 3 is 2.55 bits per heavy atom. The molecular formula is C9H14N2. The van der Waals surface area contributed by atoms with Crippen molar-refractivity contribution < 1.29 is 0 Å². The van der Waals surface area contributed by atoms with E-state index in [2.05, 4.69) is 6.08 Å². The van der Waals surface area contributed by atoms with E-state index in [0.29, 0.717) is 5.92 Å². The molecule has 2 heteroatoms. The number of rotatable bonds is 1. The second kappa shape index (κ2) is 2.19. The van der Waals surface area contributed by atoms with Crippen LogP contribution in [-0.4, -0.2) is 11.6 Å². The molecule has 0 aromatic carbocycles. The number of allylic oxidation sites excluding steroid dienone is 2. The maximum atomic E-state index is 6.14. The van der Waals surface area contributed by atoms with Gasteiger partial charge in [0.2, 0.25) is 0 Å². The van der Waals surface area contributed by atoms with Crippen LogP contribution in [0, 0.1) is 5.92 Å². The summed E-state index contributed by atoms with van der Waals surface area (Å²) in [5, 5.41) is 0. The van der Waals surface area contributed by atoms with E-state index in [1.165, 1.54) is 12.8 Å². The molecule has 1 saturated carbocycles. The zero-order chi connectivity index (χ0) is 7.90. The Balaban J connectivity index is 2.22. The molecule has 2 atom stereocenters. The molecule has 0 aliphatic heterocycles. The Kier molecular flexibility index (Phi) is 1.41. The highest BCUT2D eigenvalue weighted by atomic mass is 14.9. The van der Waals surface area contributed by atoms with Crippen molar-refractivity contribution in [2.75, 3.05) is 0 Å². The van der Waals surface area contributed by atoms with E-state index >= 15 is 0 Å². The van der Waals surface area contributed by atoms with Gasteiger partial charge in [0.15, 0.2) is 0 Å². The van der Waals surface area contributed by atoms with Gasteiger partial charge in [0.25, 0.3) is 0 Å². The molecule has 2 aliphatic rings. The predicted octanol–water partition coefficient (Wildman–Crippen LogP) is 0.547. The maximum Gasteiger partial charge on any atom is 0.0560 e. The fourth-order valence-electron chi connectivity index (χ4n) is 1.68. The molecule has 0 heterocycles. The van der Waals surface area contributed by atoms with Crippen molar-refractivity contribution in [1.82, 2.24) is 0 Å². The number of hydrogen-bond acceptors (Lipinski definition) is 2. The molecule has 0 radical (unpaired) electrons. The Morgan fingerprint density at radius 2 is 2.00 bits per heavy atom. The summed E-state index contributed by atoms with van der Waals surface area (Å²) in [6.07, 6.45) is 10.5. The van der Waals surface area contributed by atoms with Crippen LogP contribution >= 0.6 is 0 Å². The summed E-state index contributed by atoms with van der Waals surface area (Å²) in [4.78, 5) is 0. The summed E-state index contributed by atoms with van der Waals surface area (Å²) in [6.45, 7) is 0. The van der Waals surface area contributed by atoms with E-state index in [1.54, 1.807) is 0 Å². The lowest BCUT2D eigenvalue weighted by Gasteiger charge is -2.32. The van der Waals surface area contributed by atoms with Crippen molar-refractivity contribution in [1.29, 1.82) is 0 Å². The lowest BCUT2D eigenvalue weighted by molar-refractivity contribution is 0.414. The highest BCUT2D eigenvalue weighted by Gasteiger charge is 2.44. The van der Waals surface area contributed by atoms with Crippen molar-refractivity contribution in [2.24, 2.45) is 17.4 Å². The topological polar surface area (TPSA) is 52.0 Å². The van der Waals surface area contributed by atoms with Crippen LogP contribution in [0.15, 0.2) is 24.3 Å². The van der Waals surface area contributed by atoms with Crippen LogP contribution in [0.5, 0.6) is 0 Å². The SMILES string of the molecule is NC1C=CC=CC1(N)C1CC1. The molecule has 0 saturated heterocycles. The van der Waals surface area contributed by atoms with Gasteiger partial charge in [0.1, 0.15) is 0 Å². The highest BCUT2D eigenvalue weighted by molar-refractivity contribution is 5.29. The van der Waals surface area contributed by atoms with Gasteiger partial charge in [0, 0.05) is 6.04 Å². The minimum absolute atomic E-state index is 0.0139. The summed E-state index contributed by atoms with van der Waals surface area (Å²) < 4.78 is 0. The van der Waals surface area contributed by atoms with Crippen LogP contribution < -0.4 is 11.5 Å². The molecule has 0 aromatic rings. The Hall–Kier alpha value is -0.600. The molecule has 0 spiro atoms. The second-order valence-corrected chi connectivity index (χ2v) is 3.54. The molecule has 11 heavy (non-hydrogen) atoms. The van der Waals surface area contributed by atoms with E-state index in [1.807, 2.05) is 18.2 Å². The van der Waals surface area contributed by atoms with Gasteiger partial charge >= 0.3 is 0 Å². The smallest absolute Gasteiger partial charge is 0.0560 e. The van der Waals surface area contributed by atoms with Crippen LogP contribution in [0.2, 0.25) is 0 Å². The van der Waals surface area contributed by atoms with Gasteiger partial charge in [-0.15, -0.1) is 0 Å². The first kappa shape index (κ1) is 7.07. The van der Waals surface area contributed by atoms with Crippen molar-refractivity contribution in [3.8, 4) is 0 Å². The van der Waals surface area contributed by atoms with E-state index in [4.69, 9.17) is 11.5 Å². The predicted molar refractivity (Wildman–Crippen MR) is 45.9 cm³/mol. The van der Waals surface area contributed by atoms with Crippen LogP contribution in [0.1, 0.15) is 12.8 Å². The molecule has 2 aliphatic carbocycles. The monoisotopic (exact) mass is 150 g/mol. The zero-order valence-electron chi connectivity index (χ0n) is 6.53. The summed E-state index contributed by atoms with van der Waals surface area (Å²) in [5.41, 5.74) is 11.8. The normalized spacial score (nSPS) is 42.9. The molecule has 2 nitrogen and oxygen atoms in total. The van der Waals surface area contributed by atoms with Gasteiger partial charge in [-0.2, -0.15) is 0 Å². The summed E-state index contributed by atoms with van der Waals surface area (Å²) >= 11 is 0. The Labute approximate surface area is 66.9 Å². The van der Waals surface area contributed by atoms with Crippen LogP contribution in [0.4, 0.5) is 0 Å². The minimum atomic E-state index is -0.241. The Bertz CT molecular complexity index is 216. The fraction of sp³-hybridized carbons (Fsp3) is 0.556. The third kappa shape index (κ3) is 1.03. The van der Waals surface area contributed by atoms with E-state index < -0.39 is 0 Å². The molecule has 1 fully saturated rings. The van der Waals surface area contributed by atoms with Gasteiger partial charge in [-0.1, -0.05) is 24.3 Å². The van der Waals surface area contributed by atoms with Gasteiger partial charge in [-0.05, 0) is 18.8 Å². The van der Waals surface area contributed by atoms with Crippen molar-refractivity contribution in [3.05, 3.63) is 24.3 Å². The molecule has 60 valence electrons. The second-order valence-electron chi connectivity index (χ2n) is 3.54. The van der Waals surface area contributed by atoms with Crippen LogP contribution in [0.25, 0.3) is 0 Å². The average molecular weight is 150 g/mol. The summed E-state index contributed by atoms with van der Waals surface area (Å²) in [7, 11) is 0. The van der Waals surface area contributed by atoms with Crippen molar-refractivity contribution in [2.45, 2.75) is 24.4 Å². The van der Waals surface area contributed by atoms with Gasteiger partial charge in [0.05, 0.1) is 5.54 Å². The largest absolute Gasteiger partial charge is 0.323 e. The third-order valence-electron chi connectivity index (χ3n) is 2.68. The first-order valence-corrected chi connectivity index (χ1v) is 4.14. The average Bonchev–Trinajstić information content (AvgIpc) is 2.77. The van der Waals surface area contributed by atoms with E-state index in [0.717, 1.165) is 0 Å². The zero-order valence-corrected chi connectivity index (χ0v) is 6.53. The molecule has 2 unspecified atom stereocenters.